The highest BCUT2D eigenvalue weighted by atomic mass is 35.5. The fourth-order valence-corrected chi connectivity index (χ4v) is 6.63. The Bertz CT molecular complexity index is 1440. The van der Waals surface area contributed by atoms with Crippen LogP contribution in [0.1, 0.15) is 78.3 Å². The zero-order valence-electron chi connectivity index (χ0n) is 26.0. The summed E-state index contributed by atoms with van der Waals surface area (Å²) in [5, 5.41) is 10.1. The Labute approximate surface area is 257 Å². The topological polar surface area (TPSA) is 90.5 Å². The van der Waals surface area contributed by atoms with Crippen molar-refractivity contribution in [3.05, 3.63) is 51.4 Å². The van der Waals surface area contributed by atoms with Crippen molar-refractivity contribution < 1.29 is 18.5 Å². The summed E-state index contributed by atoms with van der Waals surface area (Å²) in [6.45, 7) is 9.51. The highest BCUT2D eigenvalue weighted by molar-refractivity contribution is 8.30. The van der Waals surface area contributed by atoms with Crippen LogP contribution in [0.5, 0.6) is 5.75 Å². The molecular formula is C33H43ClN2O5S. The molecular weight excluding hydrogens is 572 g/mol. The van der Waals surface area contributed by atoms with Gasteiger partial charge in [0, 0.05) is 22.2 Å². The van der Waals surface area contributed by atoms with Crippen molar-refractivity contribution in [1.82, 2.24) is 4.57 Å². The van der Waals surface area contributed by atoms with Crippen LogP contribution in [0.2, 0.25) is 5.02 Å². The molecule has 1 unspecified atom stereocenters. The Morgan fingerprint density at radius 1 is 1.14 bits per heavy atom. The minimum absolute atomic E-state index is 0.105. The molecule has 1 saturated carbocycles. The van der Waals surface area contributed by atoms with Gasteiger partial charge in [-0.25, -0.2) is 4.79 Å². The van der Waals surface area contributed by atoms with Gasteiger partial charge in [-0.05, 0) is 103 Å². The third-order valence-corrected chi connectivity index (χ3v) is 11.5. The quantitative estimate of drug-likeness (QED) is 0.218. The van der Waals surface area contributed by atoms with Crippen LogP contribution in [-0.4, -0.2) is 46.6 Å². The maximum atomic E-state index is 13.6. The number of carbonyl (C=O) groups is 1. The predicted octanol–water partition coefficient (Wildman–Crippen LogP) is 7.29. The molecule has 0 bridgehead atoms. The van der Waals surface area contributed by atoms with Crippen molar-refractivity contribution in [1.29, 1.82) is 5.26 Å². The molecule has 1 atom stereocenters. The minimum Gasteiger partial charge on any atom is -0.495 e. The lowest BCUT2D eigenvalue weighted by Crippen LogP contribution is -2.37. The van der Waals surface area contributed by atoms with Crippen molar-refractivity contribution in [3.63, 3.8) is 0 Å². The maximum Gasteiger partial charge on any atom is 0.329 e. The second-order valence-corrected chi connectivity index (χ2v) is 16.8. The summed E-state index contributed by atoms with van der Waals surface area (Å²) in [5.74, 6) is 2.96. The fraction of sp³-hybridized carbons (Fsp3) is 0.545. The smallest absolute Gasteiger partial charge is 0.329 e. The molecule has 0 N–H and O–H groups in total. The average Bonchev–Trinajstić information content (AvgIpc) is 2.91. The normalized spacial score (nSPS) is 18.8. The van der Waals surface area contributed by atoms with Crippen LogP contribution in [0.15, 0.2) is 35.3 Å². The van der Waals surface area contributed by atoms with E-state index in [0.717, 1.165) is 25.7 Å². The molecule has 228 valence electrons. The van der Waals surface area contributed by atoms with Crippen LogP contribution in [0.3, 0.4) is 0 Å². The van der Waals surface area contributed by atoms with Gasteiger partial charge in [0.2, 0.25) is 0 Å². The first-order valence-electron chi connectivity index (χ1n) is 14.1. The van der Waals surface area contributed by atoms with Crippen LogP contribution in [0, 0.1) is 29.6 Å². The molecule has 1 fully saturated rings. The SMILES string of the molecule is C#CC(C)(C)S(C)(C)OC1CCC(CC(C(=O)OC(C)(C)C)n2cc(OC)c(-c3cc(Cl)ccc3C#N)cc2=O)CC1. The van der Waals surface area contributed by atoms with Gasteiger partial charge in [-0.3, -0.25) is 9.36 Å². The Hall–Kier alpha value is -2.91. The van der Waals surface area contributed by atoms with Gasteiger partial charge < -0.3 is 13.7 Å². The van der Waals surface area contributed by atoms with Gasteiger partial charge in [0.15, 0.2) is 0 Å². The lowest BCUT2D eigenvalue weighted by Gasteiger charge is -2.46. The highest BCUT2D eigenvalue weighted by Gasteiger charge is 2.37. The second-order valence-electron chi connectivity index (χ2n) is 12.7. The van der Waals surface area contributed by atoms with E-state index in [4.69, 9.17) is 31.7 Å². The molecule has 0 aliphatic heterocycles. The van der Waals surface area contributed by atoms with Gasteiger partial charge in [0.05, 0.1) is 35.8 Å². The number of halogens is 1. The number of hydrogen-bond donors (Lipinski definition) is 0. The van der Waals surface area contributed by atoms with Crippen molar-refractivity contribution in [2.24, 2.45) is 5.92 Å². The van der Waals surface area contributed by atoms with Gasteiger partial charge in [-0.1, -0.05) is 17.5 Å². The number of pyridine rings is 1. The van der Waals surface area contributed by atoms with Crippen molar-refractivity contribution >= 4 is 27.9 Å². The van der Waals surface area contributed by atoms with E-state index >= 15 is 0 Å². The number of ether oxygens (including phenoxy) is 2. The molecule has 0 spiro atoms. The molecule has 3 rings (SSSR count). The first-order chi connectivity index (χ1) is 19.5. The number of nitrogens with zero attached hydrogens (tertiary/aromatic N) is 2. The van der Waals surface area contributed by atoms with E-state index in [-0.39, 0.29) is 16.8 Å². The fourth-order valence-electron chi connectivity index (χ4n) is 5.06. The van der Waals surface area contributed by atoms with Crippen LogP contribution >= 0.6 is 21.9 Å². The number of hydrogen-bond acceptors (Lipinski definition) is 6. The highest BCUT2D eigenvalue weighted by Crippen LogP contribution is 2.56. The van der Waals surface area contributed by atoms with Crippen LogP contribution in [-0.2, 0) is 13.7 Å². The summed E-state index contributed by atoms with van der Waals surface area (Å²) in [4.78, 5) is 27.2. The summed E-state index contributed by atoms with van der Waals surface area (Å²) in [6, 6.07) is 7.53. The zero-order chi connectivity index (χ0) is 31.5. The third kappa shape index (κ3) is 7.92. The Balaban J connectivity index is 1.92. The molecule has 0 amide bonds. The standard InChI is InChI=1S/C33H43ClN2O5S/c1-10-33(5,6)42(8,9)41-25-15-11-22(12-16-25)17-28(31(38)40-32(2,3)4)36-21-29(39-7)27(19-30(36)37)26-18-24(34)14-13-23(26)20-35/h1,13-14,18-19,21-22,25,28H,11-12,15-17H2,2-9H3. The zero-order valence-corrected chi connectivity index (χ0v) is 27.5. The van der Waals surface area contributed by atoms with Gasteiger partial charge >= 0.3 is 5.97 Å². The lowest BCUT2D eigenvalue weighted by atomic mass is 9.83. The molecule has 1 aromatic carbocycles. The first-order valence-corrected chi connectivity index (χ1v) is 16.9. The monoisotopic (exact) mass is 614 g/mol. The number of rotatable bonds is 9. The second kappa shape index (κ2) is 13.2. The number of methoxy groups -OCH3 is 1. The molecule has 9 heteroatoms. The molecule has 2 aromatic rings. The summed E-state index contributed by atoms with van der Waals surface area (Å²) < 4.78 is 19.1. The van der Waals surface area contributed by atoms with Crippen molar-refractivity contribution in [2.45, 2.75) is 89.2 Å². The van der Waals surface area contributed by atoms with Crippen LogP contribution in [0.4, 0.5) is 0 Å². The molecule has 1 aliphatic carbocycles. The van der Waals surface area contributed by atoms with Crippen LogP contribution in [0.25, 0.3) is 11.1 Å². The molecule has 7 nitrogen and oxygen atoms in total. The number of nitriles is 1. The molecule has 1 aliphatic rings. The lowest BCUT2D eigenvalue weighted by molar-refractivity contribution is -0.160. The van der Waals surface area contributed by atoms with E-state index in [2.05, 4.69) is 24.5 Å². The van der Waals surface area contributed by atoms with Gasteiger partial charge in [-0.15, -0.1) is 16.7 Å². The third-order valence-electron chi connectivity index (χ3n) is 7.97. The molecule has 0 saturated heterocycles. The summed E-state index contributed by atoms with van der Waals surface area (Å²) in [5.41, 5.74) is 0.141. The largest absolute Gasteiger partial charge is 0.495 e. The molecule has 42 heavy (non-hydrogen) atoms. The Morgan fingerprint density at radius 2 is 1.79 bits per heavy atom. The number of terminal acetylenes is 1. The maximum absolute atomic E-state index is 13.6. The predicted molar refractivity (Wildman–Crippen MR) is 171 cm³/mol. The average molecular weight is 615 g/mol. The van der Waals surface area contributed by atoms with Gasteiger partial charge in [0.25, 0.3) is 5.56 Å². The molecule has 1 aromatic heterocycles. The summed E-state index contributed by atoms with van der Waals surface area (Å²) in [7, 11) is 0.0122. The molecule has 0 radical (unpaired) electrons. The van der Waals surface area contributed by atoms with Crippen LogP contribution < -0.4 is 10.3 Å². The van der Waals surface area contributed by atoms with E-state index < -0.39 is 33.5 Å². The van der Waals surface area contributed by atoms with E-state index in [9.17, 15) is 14.9 Å². The van der Waals surface area contributed by atoms with E-state index in [1.807, 2.05) is 13.8 Å². The number of esters is 1. The van der Waals surface area contributed by atoms with Crippen molar-refractivity contribution in [3.8, 4) is 35.3 Å². The number of aromatic nitrogens is 1. The van der Waals surface area contributed by atoms with E-state index in [1.54, 1.807) is 39.0 Å². The van der Waals surface area contributed by atoms with E-state index in [0.29, 0.717) is 33.9 Å². The van der Waals surface area contributed by atoms with Crippen molar-refractivity contribution in [2.75, 3.05) is 19.6 Å². The van der Waals surface area contributed by atoms with E-state index in [1.165, 1.54) is 23.9 Å². The minimum atomic E-state index is -1.47. The number of benzene rings is 1. The Morgan fingerprint density at radius 3 is 2.33 bits per heavy atom. The summed E-state index contributed by atoms with van der Waals surface area (Å²) in [6.07, 6.45) is 15.5. The van der Waals surface area contributed by atoms with Gasteiger partial charge in [-0.2, -0.15) is 5.26 Å². The van der Waals surface area contributed by atoms with Gasteiger partial charge in [0.1, 0.15) is 17.4 Å². The first kappa shape index (κ1) is 33.6. The Kier molecular flexibility index (Phi) is 10.5. The summed E-state index contributed by atoms with van der Waals surface area (Å²) >= 11 is 6.22. The number of carbonyl (C=O) groups excluding carboxylic acids is 1. The molecule has 1 heterocycles.